The van der Waals surface area contributed by atoms with E-state index in [1.165, 1.54) is 55.5 Å². The van der Waals surface area contributed by atoms with E-state index in [1.807, 2.05) is 0 Å². The number of fused-ring (bicyclic) bond motifs is 4. The number of ether oxygens (including phenoxy) is 1. The van der Waals surface area contributed by atoms with Gasteiger partial charge in [-0.1, -0.05) is 84.5 Å². The van der Waals surface area contributed by atoms with Crippen molar-refractivity contribution >= 4 is 40.2 Å². The largest absolute Gasteiger partial charge is 0.458 e. The van der Waals surface area contributed by atoms with Crippen LogP contribution in [0.5, 0.6) is 11.5 Å². The predicted octanol–water partition coefficient (Wildman–Crippen LogP) is 7.65. The molecule has 7 rings (SSSR count). The van der Waals surface area contributed by atoms with E-state index in [9.17, 15) is 0 Å². The highest BCUT2D eigenvalue weighted by Crippen LogP contribution is 2.42. The zero-order valence-corrected chi connectivity index (χ0v) is 24.2. The van der Waals surface area contributed by atoms with Crippen molar-refractivity contribution in [3.05, 3.63) is 130 Å². The third-order valence-corrected chi connectivity index (χ3v) is 8.89. The molecule has 0 aliphatic carbocycles. The van der Waals surface area contributed by atoms with E-state index < -0.39 is 0 Å². The Kier molecular flexibility index (Phi) is 5.51. The van der Waals surface area contributed by atoms with E-state index in [2.05, 4.69) is 144 Å². The van der Waals surface area contributed by atoms with Crippen LogP contribution in [0.3, 0.4) is 0 Å². The molecule has 2 heterocycles. The molecule has 2 aliphatic rings. The minimum Gasteiger partial charge on any atom is -0.458 e. The highest BCUT2D eigenvalue weighted by Gasteiger charge is 2.45. The summed E-state index contributed by atoms with van der Waals surface area (Å²) in [6, 6.07) is 35.8. The van der Waals surface area contributed by atoms with Crippen molar-refractivity contribution in [1.82, 2.24) is 0 Å². The SMILES string of the molecule is Cc1ccc(N(c2ccc(C)cc2)c2ccc3c(c2)B2c4cc(C)ccc4Oc4ccc(C)c(c42)C3(C)C)cc1. The molecule has 0 radical (unpaired) electrons. The average molecular weight is 519 g/mol. The van der Waals surface area contributed by atoms with Crippen LogP contribution in [0.2, 0.25) is 0 Å². The summed E-state index contributed by atoms with van der Waals surface area (Å²) in [5.74, 6) is 1.95. The molecule has 40 heavy (non-hydrogen) atoms. The van der Waals surface area contributed by atoms with E-state index >= 15 is 0 Å². The van der Waals surface area contributed by atoms with Crippen LogP contribution in [0, 0.1) is 27.7 Å². The van der Waals surface area contributed by atoms with Gasteiger partial charge in [0.1, 0.15) is 11.5 Å². The van der Waals surface area contributed by atoms with E-state index in [-0.39, 0.29) is 12.1 Å². The molecule has 0 atom stereocenters. The van der Waals surface area contributed by atoms with E-state index in [4.69, 9.17) is 4.74 Å². The molecule has 0 amide bonds. The Balaban J connectivity index is 1.50. The van der Waals surface area contributed by atoms with Crippen molar-refractivity contribution in [3.63, 3.8) is 0 Å². The quantitative estimate of drug-likeness (QED) is 0.223. The summed E-state index contributed by atoms with van der Waals surface area (Å²) in [7, 11) is 0. The summed E-state index contributed by atoms with van der Waals surface area (Å²) in [4.78, 5) is 2.38. The van der Waals surface area contributed by atoms with Crippen LogP contribution in [-0.2, 0) is 5.41 Å². The van der Waals surface area contributed by atoms with Crippen LogP contribution >= 0.6 is 0 Å². The van der Waals surface area contributed by atoms with Gasteiger partial charge in [0.25, 0.3) is 6.71 Å². The Morgan fingerprint density at radius 1 is 0.575 bits per heavy atom. The highest BCUT2D eigenvalue weighted by atomic mass is 16.5. The molecule has 0 bridgehead atoms. The highest BCUT2D eigenvalue weighted by molar-refractivity contribution is 6.98. The Morgan fingerprint density at radius 2 is 1.15 bits per heavy atom. The molecule has 0 aromatic heterocycles. The number of anilines is 3. The fourth-order valence-corrected chi connectivity index (χ4v) is 6.96. The van der Waals surface area contributed by atoms with Gasteiger partial charge >= 0.3 is 0 Å². The first kappa shape index (κ1) is 24.8. The van der Waals surface area contributed by atoms with Gasteiger partial charge < -0.3 is 9.64 Å². The average Bonchev–Trinajstić information content (AvgIpc) is 2.93. The molecule has 0 saturated heterocycles. The number of nitrogens with zero attached hydrogens (tertiary/aromatic N) is 1. The first-order chi connectivity index (χ1) is 19.2. The van der Waals surface area contributed by atoms with Crippen LogP contribution in [0.15, 0.2) is 97.1 Å². The molecule has 0 spiro atoms. The Morgan fingerprint density at radius 3 is 1.80 bits per heavy atom. The number of aryl methyl sites for hydroxylation is 4. The van der Waals surface area contributed by atoms with Crippen molar-refractivity contribution in [2.75, 3.05) is 4.90 Å². The van der Waals surface area contributed by atoms with Gasteiger partial charge in [0.2, 0.25) is 0 Å². The van der Waals surface area contributed by atoms with Crippen molar-refractivity contribution in [1.29, 1.82) is 0 Å². The standard InChI is InChI=1S/C37H34BNO/c1-23-7-13-27(14-8-23)39(28-15-9-24(2)10-16-28)29-17-18-30-31(22-29)38-32-21-25(3)11-19-33(32)40-34-20-12-26(4)35(36(34)38)37(30,5)6/h7-22H,1-6H3. The third-order valence-electron chi connectivity index (χ3n) is 8.89. The van der Waals surface area contributed by atoms with Gasteiger partial charge in [-0.25, -0.2) is 0 Å². The van der Waals surface area contributed by atoms with Gasteiger partial charge in [0.15, 0.2) is 0 Å². The Labute approximate surface area is 238 Å². The second-order valence-electron chi connectivity index (χ2n) is 12.1. The molecule has 0 fully saturated rings. The fraction of sp³-hybridized carbons (Fsp3) is 0.189. The van der Waals surface area contributed by atoms with Crippen molar-refractivity contribution in [2.45, 2.75) is 47.0 Å². The topological polar surface area (TPSA) is 12.5 Å². The maximum Gasteiger partial charge on any atom is 0.251 e. The molecule has 2 aliphatic heterocycles. The second kappa shape index (κ2) is 8.89. The second-order valence-corrected chi connectivity index (χ2v) is 12.1. The maximum atomic E-state index is 6.57. The lowest BCUT2D eigenvalue weighted by molar-refractivity contribution is 0.484. The summed E-state index contributed by atoms with van der Waals surface area (Å²) in [5.41, 5.74) is 15.1. The normalized spacial score (nSPS) is 14.1. The predicted molar refractivity (Wildman–Crippen MR) is 170 cm³/mol. The number of rotatable bonds is 3. The van der Waals surface area contributed by atoms with Crippen LogP contribution < -0.4 is 26.0 Å². The monoisotopic (exact) mass is 519 g/mol. The lowest BCUT2D eigenvalue weighted by Gasteiger charge is -2.43. The number of hydrogen-bond donors (Lipinski definition) is 0. The van der Waals surface area contributed by atoms with Crippen LogP contribution in [0.4, 0.5) is 17.1 Å². The third kappa shape index (κ3) is 3.72. The summed E-state index contributed by atoms with van der Waals surface area (Å²) in [6.45, 7) is 13.6. The molecule has 3 heteroatoms. The first-order valence-corrected chi connectivity index (χ1v) is 14.2. The lowest BCUT2D eigenvalue weighted by atomic mass is 9.30. The van der Waals surface area contributed by atoms with Gasteiger partial charge in [-0.2, -0.15) is 0 Å². The van der Waals surface area contributed by atoms with Gasteiger partial charge in [0.05, 0.1) is 0 Å². The summed E-state index contributed by atoms with van der Waals surface area (Å²) in [5, 5.41) is 0. The van der Waals surface area contributed by atoms with Crippen molar-refractivity contribution in [3.8, 4) is 11.5 Å². The van der Waals surface area contributed by atoms with Crippen molar-refractivity contribution < 1.29 is 4.74 Å². The smallest absolute Gasteiger partial charge is 0.251 e. The fourth-order valence-electron chi connectivity index (χ4n) is 6.96. The summed E-state index contributed by atoms with van der Waals surface area (Å²) in [6.07, 6.45) is 0. The first-order valence-electron chi connectivity index (χ1n) is 14.2. The van der Waals surface area contributed by atoms with Gasteiger partial charge in [0, 0.05) is 22.5 Å². The van der Waals surface area contributed by atoms with E-state index in [0.29, 0.717) is 0 Å². The van der Waals surface area contributed by atoms with Gasteiger partial charge in [-0.05, 0) is 104 Å². The number of hydrogen-bond acceptors (Lipinski definition) is 2. The number of benzene rings is 5. The molecule has 0 unspecified atom stereocenters. The van der Waals surface area contributed by atoms with Gasteiger partial charge in [-0.3, -0.25) is 0 Å². The Hall–Kier alpha value is -4.24. The summed E-state index contributed by atoms with van der Waals surface area (Å²) >= 11 is 0. The van der Waals surface area contributed by atoms with Crippen LogP contribution in [0.25, 0.3) is 0 Å². The van der Waals surface area contributed by atoms with E-state index in [0.717, 1.165) is 22.9 Å². The maximum absolute atomic E-state index is 6.57. The lowest BCUT2D eigenvalue weighted by Crippen LogP contribution is -2.62. The molecule has 5 aromatic carbocycles. The minimum absolute atomic E-state index is 0.120. The van der Waals surface area contributed by atoms with Crippen LogP contribution in [-0.4, -0.2) is 6.71 Å². The molecule has 196 valence electrons. The molecule has 2 nitrogen and oxygen atoms in total. The molecular weight excluding hydrogens is 485 g/mol. The zero-order valence-electron chi connectivity index (χ0n) is 24.2. The Bertz CT molecular complexity index is 1740. The van der Waals surface area contributed by atoms with Gasteiger partial charge in [-0.15, -0.1) is 0 Å². The summed E-state index contributed by atoms with van der Waals surface area (Å²) < 4.78 is 6.57. The molecular formula is C37H34BNO. The molecule has 5 aromatic rings. The van der Waals surface area contributed by atoms with Crippen LogP contribution in [0.1, 0.15) is 47.2 Å². The molecule has 0 saturated carbocycles. The zero-order chi connectivity index (χ0) is 27.8. The van der Waals surface area contributed by atoms with E-state index in [1.54, 1.807) is 0 Å². The molecule has 0 N–H and O–H groups in total. The minimum atomic E-state index is -0.150. The van der Waals surface area contributed by atoms with Crippen molar-refractivity contribution in [2.24, 2.45) is 0 Å².